The van der Waals surface area contributed by atoms with Crippen molar-refractivity contribution in [1.29, 1.82) is 0 Å². The third-order valence-electron chi connectivity index (χ3n) is 6.49. The Morgan fingerprint density at radius 1 is 1.07 bits per heavy atom. The first-order chi connectivity index (χ1) is 13.0. The second-order valence-electron chi connectivity index (χ2n) is 9.94. The number of morpholine rings is 1. The predicted molar refractivity (Wildman–Crippen MR) is 106 cm³/mol. The van der Waals surface area contributed by atoms with Crippen molar-refractivity contribution in [3.8, 4) is 0 Å². The first kappa shape index (κ1) is 20.0. The number of likely N-dealkylation sites (tertiary alicyclic amines) is 1. The maximum atomic E-state index is 6.07. The molecular weight excluding hydrogens is 342 g/mol. The molecule has 0 aromatic rings. The van der Waals surface area contributed by atoms with Crippen LogP contribution in [-0.2, 0) is 9.57 Å². The molecule has 4 heterocycles. The molecule has 4 aliphatic heterocycles. The van der Waals surface area contributed by atoms with Crippen molar-refractivity contribution in [3.63, 3.8) is 0 Å². The fourth-order valence-corrected chi connectivity index (χ4v) is 5.21. The molecule has 156 valence electrons. The summed E-state index contributed by atoms with van der Waals surface area (Å²) in [5, 5.41) is 7.50. The molecule has 0 aliphatic carbocycles. The average molecular weight is 382 g/mol. The van der Waals surface area contributed by atoms with E-state index in [0.717, 1.165) is 45.8 Å². The fraction of sp³-hybridized carbons (Fsp3) is 1.00. The number of hydrogen-bond donors (Lipinski definition) is 3. The van der Waals surface area contributed by atoms with Gasteiger partial charge in [0, 0.05) is 19.6 Å². The van der Waals surface area contributed by atoms with Crippen molar-refractivity contribution < 1.29 is 9.57 Å². The van der Waals surface area contributed by atoms with Gasteiger partial charge in [-0.3, -0.25) is 20.0 Å². The number of ether oxygens (including phenoxy) is 1. The minimum atomic E-state index is 0.108. The van der Waals surface area contributed by atoms with E-state index >= 15 is 0 Å². The van der Waals surface area contributed by atoms with E-state index in [1.165, 1.54) is 25.8 Å². The van der Waals surface area contributed by atoms with Crippen molar-refractivity contribution >= 4 is 0 Å². The van der Waals surface area contributed by atoms with Gasteiger partial charge in [-0.05, 0) is 50.1 Å². The highest BCUT2D eigenvalue weighted by atomic mass is 16.7. The summed E-state index contributed by atoms with van der Waals surface area (Å²) in [7, 11) is 0. The maximum Gasteiger partial charge on any atom is 0.146 e. The number of nitrogens with zero attached hydrogens (tertiary/aromatic N) is 2. The Morgan fingerprint density at radius 2 is 1.89 bits per heavy atom. The van der Waals surface area contributed by atoms with Crippen LogP contribution in [-0.4, -0.2) is 80.3 Å². The molecule has 4 saturated heterocycles. The van der Waals surface area contributed by atoms with Gasteiger partial charge in [-0.15, -0.1) is 0 Å². The van der Waals surface area contributed by atoms with Crippen LogP contribution in [0.1, 0.15) is 46.5 Å². The van der Waals surface area contributed by atoms with E-state index in [2.05, 4.69) is 46.7 Å². The van der Waals surface area contributed by atoms with Crippen molar-refractivity contribution in [3.05, 3.63) is 0 Å². The quantitative estimate of drug-likeness (QED) is 0.670. The molecule has 0 aromatic heterocycles. The van der Waals surface area contributed by atoms with Crippen LogP contribution in [0.3, 0.4) is 0 Å². The second kappa shape index (κ2) is 8.61. The van der Waals surface area contributed by atoms with E-state index in [9.17, 15) is 0 Å². The molecule has 4 rings (SSSR count). The lowest BCUT2D eigenvalue weighted by Gasteiger charge is -2.41. The van der Waals surface area contributed by atoms with E-state index in [4.69, 9.17) is 9.57 Å². The molecule has 0 saturated carbocycles. The average Bonchev–Trinajstić information content (AvgIpc) is 3.30. The Morgan fingerprint density at radius 3 is 2.67 bits per heavy atom. The molecule has 27 heavy (non-hydrogen) atoms. The van der Waals surface area contributed by atoms with Gasteiger partial charge in [0.25, 0.3) is 0 Å². The van der Waals surface area contributed by atoms with Gasteiger partial charge >= 0.3 is 0 Å². The van der Waals surface area contributed by atoms with Gasteiger partial charge in [-0.2, -0.15) is 5.48 Å². The summed E-state index contributed by atoms with van der Waals surface area (Å²) in [5.41, 5.74) is 3.68. The van der Waals surface area contributed by atoms with Crippen molar-refractivity contribution in [1.82, 2.24) is 25.9 Å². The molecule has 5 atom stereocenters. The smallest absolute Gasteiger partial charge is 0.146 e. The zero-order chi connectivity index (χ0) is 18.9. The summed E-state index contributed by atoms with van der Waals surface area (Å²) >= 11 is 0. The fourth-order valence-electron chi connectivity index (χ4n) is 5.21. The van der Waals surface area contributed by atoms with Gasteiger partial charge in [0.1, 0.15) is 6.23 Å². The van der Waals surface area contributed by atoms with E-state index in [0.29, 0.717) is 23.5 Å². The summed E-state index contributed by atoms with van der Waals surface area (Å²) in [6.07, 6.45) is 5.70. The third kappa shape index (κ3) is 5.01. The molecule has 0 radical (unpaired) electrons. The SMILES string of the molecule is CC(C)(C)CN1CCCC1C1NC(C2CCNC(N3CCOCC3)C2)NO1. The highest BCUT2D eigenvalue weighted by Crippen LogP contribution is 2.29. The Bertz CT molecular complexity index is 479. The third-order valence-corrected chi connectivity index (χ3v) is 6.49. The number of hydrogen-bond acceptors (Lipinski definition) is 7. The summed E-state index contributed by atoms with van der Waals surface area (Å²) in [6, 6.07) is 0.485. The number of piperidine rings is 1. The molecule has 4 fully saturated rings. The standard InChI is InChI=1S/C20H39N5O2/c1-20(2,3)14-25-8-4-5-16(25)19-22-18(23-27-19)15-6-7-21-17(13-15)24-9-11-26-12-10-24/h15-19,21-23H,4-14H2,1-3H3. The molecule has 0 spiro atoms. The molecule has 4 aliphatic rings. The molecule has 0 bridgehead atoms. The molecule has 3 N–H and O–H groups in total. The second-order valence-corrected chi connectivity index (χ2v) is 9.94. The Kier molecular flexibility index (Phi) is 6.38. The van der Waals surface area contributed by atoms with Crippen LogP contribution in [0, 0.1) is 11.3 Å². The van der Waals surface area contributed by atoms with Gasteiger partial charge in [0.2, 0.25) is 0 Å². The van der Waals surface area contributed by atoms with E-state index < -0.39 is 0 Å². The van der Waals surface area contributed by atoms with Crippen molar-refractivity contribution in [2.75, 3.05) is 45.9 Å². The lowest BCUT2D eigenvalue weighted by molar-refractivity contribution is -0.0318. The van der Waals surface area contributed by atoms with Gasteiger partial charge in [0.15, 0.2) is 0 Å². The van der Waals surface area contributed by atoms with E-state index in [1.807, 2.05) is 0 Å². The number of hydroxylamine groups is 1. The molecule has 5 unspecified atom stereocenters. The van der Waals surface area contributed by atoms with Crippen LogP contribution in [0.4, 0.5) is 0 Å². The normalized spacial score (nSPS) is 39.9. The molecule has 7 heteroatoms. The largest absolute Gasteiger partial charge is 0.379 e. The van der Waals surface area contributed by atoms with Gasteiger partial charge in [-0.1, -0.05) is 20.8 Å². The summed E-state index contributed by atoms with van der Waals surface area (Å²) < 4.78 is 5.51. The highest BCUT2D eigenvalue weighted by Gasteiger charge is 2.42. The Balaban J connectivity index is 1.31. The number of rotatable bonds is 4. The molecular formula is C20H39N5O2. The van der Waals surface area contributed by atoms with Crippen LogP contribution in [0.25, 0.3) is 0 Å². The van der Waals surface area contributed by atoms with Crippen molar-refractivity contribution in [2.24, 2.45) is 11.3 Å². The summed E-state index contributed by atoms with van der Waals surface area (Å²) in [6.45, 7) is 14.2. The van der Waals surface area contributed by atoms with Crippen LogP contribution in [0.15, 0.2) is 0 Å². The molecule has 7 nitrogen and oxygen atoms in total. The van der Waals surface area contributed by atoms with Crippen LogP contribution >= 0.6 is 0 Å². The molecule has 0 aromatic carbocycles. The number of nitrogens with one attached hydrogen (secondary N) is 3. The lowest BCUT2D eigenvalue weighted by atomic mass is 9.92. The van der Waals surface area contributed by atoms with Crippen LogP contribution in [0.2, 0.25) is 0 Å². The minimum absolute atomic E-state index is 0.108. The monoisotopic (exact) mass is 381 g/mol. The lowest BCUT2D eigenvalue weighted by Crippen LogP contribution is -2.57. The molecule has 0 amide bonds. The predicted octanol–water partition coefficient (Wildman–Crippen LogP) is 0.931. The van der Waals surface area contributed by atoms with Crippen LogP contribution in [0.5, 0.6) is 0 Å². The Labute approximate surface area is 164 Å². The van der Waals surface area contributed by atoms with E-state index in [1.54, 1.807) is 0 Å². The van der Waals surface area contributed by atoms with Gasteiger partial charge in [-0.25, -0.2) is 0 Å². The highest BCUT2D eigenvalue weighted by molar-refractivity contribution is 4.92. The minimum Gasteiger partial charge on any atom is -0.379 e. The summed E-state index contributed by atoms with van der Waals surface area (Å²) in [5.74, 6) is 0.599. The Hall–Kier alpha value is -0.280. The van der Waals surface area contributed by atoms with Gasteiger partial charge < -0.3 is 10.1 Å². The summed E-state index contributed by atoms with van der Waals surface area (Å²) in [4.78, 5) is 11.2. The van der Waals surface area contributed by atoms with Gasteiger partial charge in [0.05, 0.1) is 31.6 Å². The van der Waals surface area contributed by atoms with Crippen LogP contribution < -0.4 is 16.1 Å². The zero-order valence-electron chi connectivity index (χ0n) is 17.4. The first-order valence-corrected chi connectivity index (χ1v) is 11.0. The first-order valence-electron chi connectivity index (χ1n) is 11.0. The van der Waals surface area contributed by atoms with E-state index in [-0.39, 0.29) is 12.4 Å². The maximum absolute atomic E-state index is 6.07. The zero-order valence-corrected chi connectivity index (χ0v) is 17.4. The van der Waals surface area contributed by atoms with Crippen molar-refractivity contribution in [2.45, 2.75) is 71.1 Å². The topological polar surface area (TPSA) is 61.0 Å².